The Bertz CT molecular complexity index is 230. The third-order valence-corrected chi connectivity index (χ3v) is 3.08. The molecule has 0 saturated heterocycles. The highest BCUT2D eigenvalue weighted by Gasteiger charge is 2.37. The zero-order chi connectivity index (χ0) is 12.6. The average molecular weight is 229 g/mol. The van der Waals surface area contributed by atoms with Crippen LogP contribution in [0.15, 0.2) is 0 Å². The van der Waals surface area contributed by atoms with Gasteiger partial charge in [0.25, 0.3) is 0 Å². The van der Waals surface area contributed by atoms with Gasteiger partial charge in [0.15, 0.2) is 0 Å². The second kappa shape index (κ2) is 7.25. The molecule has 4 heteroatoms. The fourth-order valence-corrected chi connectivity index (χ4v) is 1.81. The highest BCUT2D eigenvalue weighted by molar-refractivity contribution is 5.80. The van der Waals surface area contributed by atoms with Gasteiger partial charge in [0.1, 0.15) is 5.54 Å². The molecule has 1 N–H and O–H groups in total. The van der Waals surface area contributed by atoms with Crippen LogP contribution >= 0.6 is 0 Å². The lowest BCUT2D eigenvalue weighted by atomic mass is 9.92. The number of aliphatic carboxylic acids is 1. The summed E-state index contributed by atoms with van der Waals surface area (Å²) in [6, 6.07) is 0. The Hall–Kier alpha value is -1.06. The van der Waals surface area contributed by atoms with Crippen LogP contribution in [-0.4, -0.2) is 34.5 Å². The maximum Gasteiger partial charge on any atom is 0.329 e. The van der Waals surface area contributed by atoms with E-state index in [1.807, 2.05) is 0 Å². The first-order valence-electron chi connectivity index (χ1n) is 5.98. The molecule has 0 saturated carbocycles. The van der Waals surface area contributed by atoms with E-state index in [2.05, 4.69) is 6.92 Å². The minimum atomic E-state index is -1.05. The van der Waals surface area contributed by atoms with Gasteiger partial charge < -0.3 is 10.0 Å². The predicted molar refractivity (Wildman–Crippen MR) is 63.2 cm³/mol. The van der Waals surface area contributed by atoms with E-state index in [-0.39, 0.29) is 0 Å². The number of carboxylic acids is 1. The minimum Gasteiger partial charge on any atom is -0.480 e. The van der Waals surface area contributed by atoms with Crippen molar-refractivity contribution in [2.45, 2.75) is 58.4 Å². The van der Waals surface area contributed by atoms with Crippen molar-refractivity contribution < 1.29 is 14.7 Å². The van der Waals surface area contributed by atoms with E-state index in [0.29, 0.717) is 19.4 Å². The zero-order valence-corrected chi connectivity index (χ0v) is 10.5. The van der Waals surface area contributed by atoms with E-state index in [1.165, 1.54) is 4.90 Å². The molecule has 0 aromatic carbocycles. The topological polar surface area (TPSA) is 57.6 Å². The van der Waals surface area contributed by atoms with Gasteiger partial charge in [-0.25, -0.2) is 4.79 Å². The number of amides is 1. The summed E-state index contributed by atoms with van der Waals surface area (Å²) in [5.74, 6) is -0.919. The fraction of sp³-hybridized carbons (Fsp3) is 0.833. The number of carboxylic acid groups (broad SMARTS) is 1. The first-order chi connectivity index (χ1) is 7.52. The summed E-state index contributed by atoms with van der Waals surface area (Å²) in [6.07, 6.45) is 5.26. The molecular weight excluding hydrogens is 206 g/mol. The Morgan fingerprint density at radius 1 is 1.31 bits per heavy atom. The van der Waals surface area contributed by atoms with E-state index in [1.54, 1.807) is 13.8 Å². The van der Waals surface area contributed by atoms with Crippen molar-refractivity contribution >= 4 is 12.4 Å². The van der Waals surface area contributed by atoms with Gasteiger partial charge in [-0.3, -0.25) is 4.79 Å². The number of nitrogens with zero attached hydrogens (tertiary/aromatic N) is 1. The zero-order valence-electron chi connectivity index (χ0n) is 10.5. The molecule has 0 radical (unpaired) electrons. The number of hydrogen-bond acceptors (Lipinski definition) is 2. The standard InChI is InChI=1S/C12H23NO3/c1-4-6-7-8-9-12(3,11(15)16)13(5-2)10-14/h10H,4-9H2,1-3H3,(H,15,16). The second-order valence-electron chi connectivity index (χ2n) is 4.28. The Morgan fingerprint density at radius 2 is 1.94 bits per heavy atom. The monoisotopic (exact) mass is 229 g/mol. The number of carbonyl (C=O) groups is 2. The van der Waals surface area contributed by atoms with E-state index in [9.17, 15) is 14.7 Å². The summed E-state index contributed by atoms with van der Waals surface area (Å²) in [6.45, 7) is 5.96. The number of likely N-dealkylation sites (N-methyl/N-ethyl adjacent to an activating group) is 1. The van der Waals surface area contributed by atoms with Gasteiger partial charge in [-0.15, -0.1) is 0 Å². The summed E-state index contributed by atoms with van der Waals surface area (Å²) < 4.78 is 0. The molecule has 94 valence electrons. The van der Waals surface area contributed by atoms with Crippen LogP contribution in [0.5, 0.6) is 0 Å². The second-order valence-corrected chi connectivity index (χ2v) is 4.28. The van der Waals surface area contributed by atoms with Crippen molar-refractivity contribution in [1.82, 2.24) is 4.90 Å². The predicted octanol–water partition coefficient (Wildman–Crippen LogP) is 2.28. The number of carbonyl (C=O) groups excluding carboxylic acids is 1. The highest BCUT2D eigenvalue weighted by atomic mass is 16.4. The molecule has 0 aliphatic rings. The normalized spacial score (nSPS) is 14.2. The number of hydrogen-bond donors (Lipinski definition) is 1. The summed E-state index contributed by atoms with van der Waals surface area (Å²) in [7, 11) is 0. The van der Waals surface area contributed by atoms with Crippen LogP contribution in [-0.2, 0) is 9.59 Å². The third kappa shape index (κ3) is 3.83. The molecule has 0 aliphatic carbocycles. The molecule has 1 atom stereocenters. The van der Waals surface area contributed by atoms with Gasteiger partial charge in [0.2, 0.25) is 6.41 Å². The first kappa shape index (κ1) is 14.9. The van der Waals surface area contributed by atoms with Gasteiger partial charge in [-0.05, 0) is 20.3 Å². The smallest absolute Gasteiger partial charge is 0.329 e. The molecule has 0 aromatic heterocycles. The van der Waals surface area contributed by atoms with E-state index < -0.39 is 11.5 Å². The Labute approximate surface area is 97.6 Å². The summed E-state index contributed by atoms with van der Waals surface area (Å²) in [5, 5.41) is 9.22. The van der Waals surface area contributed by atoms with E-state index >= 15 is 0 Å². The van der Waals surface area contributed by atoms with Crippen molar-refractivity contribution in [3.63, 3.8) is 0 Å². The van der Waals surface area contributed by atoms with Gasteiger partial charge in [-0.2, -0.15) is 0 Å². The Morgan fingerprint density at radius 3 is 2.31 bits per heavy atom. The molecule has 0 spiro atoms. The van der Waals surface area contributed by atoms with Crippen LogP contribution in [0.25, 0.3) is 0 Å². The highest BCUT2D eigenvalue weighted by Crippen LogP contribution is 2.22. The molecule has 0 bridgehead atoms. The fourth-order valence-electron chi connectivity index (χ4n) is 1.81. The number of rotatable bonds is 9. The van der Waals surface area contributed by atoms with Crippen LogP contribution in [0.4, 0.5) is 0 Å². The van der Waals surface area contributed by atoms with Crippen molar-refractivity contribution in [2.75, 3.05) is 6.54 Å². The largest absolute Gasteiger partial charge is 0.480 e. The molecule has 0 aliphatic heterocycles. The van der Waals surface area contributed by atoms with Crippen LogP contribution in [0.2, 0.25) is 0 Å². The molecule has 0 fully saturated rings. The summed E-state index contributed by atoms with van der Waals surface area (Å²) in [5.41, 5.74) is -1.05. The average Bonchev–Trinajstić information content (AvgIpc) is 2.26. The van der Waals surface area contributed by atoms with Crippen molar-refractivity contribution in [3.8, 4) is 0 Å². The van der Waals surface area contributed by atoms with Crippen molar-refractivity contribution in [3.05, 3.63) is 0 Å². The lowest BCUT2D eigenvalue weighted by Gasteiger charge is -2.34. The van der Waals surface area contributed by atoms with Crippen molar-refractivity contribution in [2.24, 2.45) is 0 Å². The Balaban J connectivity index is 4.44. The first-order valence-corrected chi connectivity index (χ1v) is 5.98. The van der Waals surface area contributed by atoms with E-state index in [0.717, 1.165) is 25.7 Å². The molecule has 0 rings (SSSR count). The molecule has 0 heterocycles. The van der Waals surface area contributed by atoms with Crippen molar-refractivity contribution in [1.29, 1.82) is 0 Å². The minimum absolute atomic E-state index is 0.431. The third-order valence-electron chi connectivity index (χ3n) is 3.08. The van der Waals surface area contributed by atoms with Crippen LogP contribution in [0.1, 0.15) is 52.9 Å². The quantitative estimate of drug-likeness (QED) is 0.487. The van der Waals surface area contributed by atoms with Gasteiger partial charge >= 0.3 is 5.97 Å². The van der Waals surface area contributed by atoms with Crippen LogP contribution < -0.4 is 0 Å². The summed E-state index contributed by atoms with van der Waals surface area (Å²) >= 11 is 0. The molecule has 1 unspecified atom stereocenters. The molecular formula is C12H23NO3. The van der Waals surface area contributed by atoms with Crippen LogP contribution in [0, 0.1) is 0 Å². The van der Waals surface area contributed by atoms with E-state index in [4.69, 9.17) is 0 Å². The molecule has 0 aromatic rings. The number of unbranched alkanes of at least 4 members (excludes halogenated alkanes) is 3. The van der Waals surface area contributed by atoms with Gasteiger partial charge in [-0.1, -0.05) is 32.6 Å². The Kier molecular flexibility index (Phi) is 6.77. The lowest BCUT2D eigenvalue weighted by molar-refractivity contribution is -0.154. The molecule has 4 nitrogen and oxygen atoms in total. The maximum atomic E-state index is 11.2. The summed E-state index contributed by atoms with van der Waals surface area (Å²) in [4.78, 5) is 23.4. The van der Waals surface area contributed by atoms with Crippen LogP contribution in [0.3, 0.4) is 0 Å². The maximum absolute atomic E-state index is 11.2. The lowest BCUT2D eigenvalue weighted by Crippen LogP contribution is -2.51. The molecule has 1 amide bonds. The van der Waals surface area contributed by atoms with Gasteiger partial charge in [0.05, 0.1) is 0 Å². The SMILES string of the molecule is CCCCCCC(C)(C(=O)O)N(C=O)CC. The molecule has 16 heavy (non-hydrogen) atoms. The van der Waals surface area contributed by atoms with Gasteiger partial charge in [0, 0.05) is 6.54 Å².